The third kappa shape index (κ3) is 4.66. The average Bonchev–Trinajstić information content (AvgIpc) is 2.46. The SMILES string of the molecule is CC(=O)NC(C)CCc1ccc(C2CCCCC2)cc1. The predicted octanol–water partition coefficient (Wildman–Crippen LogP) is 4.19. The van der Waals surface area contributed by atoms with Gasteiger partial charge in [-0.05, 0) is 49.7 Å². The first kappa shape index (κ1) is 15.1. The molecule has 0 saturated heterocycles. The monoisotopic (exact) mass is 273 g/mol. The van der Waals surface area contributed by atoms with Crippen LogP contribution < -0.4 is 5.32 Å². The highest BCUT2D eigenvalue weighted by Crippen LogP contribution is 2.32. The molecule has 1 aliphatic rings. The van der Waals surface area contributed by atoms with E-state index in [1.807, 2.05) is 0 Å². The standard InChI is InChI=1S/C18H27NO/c1-14(19-15(2)20)8-9-16-10-12-18(13-11-16)17-6-4-3-5-7-17/h10-14,17H,3-9H2,1-2H3,(H,19,20). The Morgan fingerprint density at radius 1 is 1.20 bits per heavy atom. The lowest BCUT2D eigenvalue weighted by atomic mass is 9.84. The molecule has 1 amide bonds. The molecule has 20 heavy (non-hydrogen) atoms. The Balaban J connectivity index is 1.83. The van der Waals surface area contributed by atoms with E-state index in [-0.39, 0.29) is 11.9 Å². The minimum Gasteiger partial charge on any atom is -0.354 e. The zero-order valence-electron chi connectivity index (χ0n) is 12.8. The fourth-order valence-electron chi connectivity index (χ4n) is 3.19. The second-order valence-electron chi connectivity index (χ2n) is 6.22. The van der Waals surface area contributed by atoms with E-state index < -0.39 is 0 Å². The van der Waals surface area contributed by atoms with E-state index in [4.69, 9.17) is 0 Å². The van der Waals surface area contributed by atoms with Crippen LogP contribution in [0.25, 0.3) is 0 Å². The highest BCUT2D eigenvalue weighted by Gasteiger charge is 2.15. The summed E-state index contributed by atoms with van der Waals surface area (Å²) in [4.78, 5) is 11.0. The molecular formula is C18H27NO. The Bertz CT molecular complexity index is 418. The summed E-state index contributed by atoms with van der Waals surface area (Å²) < 4.78 is 0. The quantitative estimate of drug-likeness (QED) is 0.856. The van der Waals surface area contributed by atoms with Gasteiger partial charge in [0.1, 0.15) is 0 Å². The molecule has 1 fully saturated rings. The van der Waals surface area contributed by atoms with Crippen LogP contribution >= 0.6 is 0 Å². The molecule has 0 bridgehead atoms. The molecule has 1 atom stereocenters. The van der Waals surface area contributed by atoms with E-state index in [0.29, 0.717) is 0 Å². The molecule has 0 heterocycles. The number of carbonyl (C=O) groups excluding carboxylic acids is 1. The summed E-state index contributed by atoms with van der Waals surface area (Å²) in [6, 6.07) is 9.42. The van der Waals surface area contributed by atoms with Gasteiger partial charge in [-0.25, -0.2) is 0 Å². The number of amides is 1. The van der Waals surface area contributed by atoms with Gasteiger partial charge in [0, 0.05) is 13.0 Å². The molecule has 1 aromatic rings. The van der Waals surface area contributed by atoms with Gasteiger partial charge < -0.3 is 5.32 Å². The number of nitrogens with one attached hydrogen (secondary N) is 1. The number of carbonyl (C=O) groups is 1. The Kier molecular flexibility index (Phi) is 5.63. The number of hydrogen-bond acceptors (Lipinski definition) is 1. The molecule has 110 valence electrons. The van der Waals surface area contributed by atoms with Crippen molar-refractivity contribution in [2.24, 2.45) is 0 Å². The number of hydrogen-bond donors (Lipinski definition) is 1. The molecule has 0 aromatic heterocycles. The molecule has 1 N–H and O–H groups in total. The van der Waals surface area contributed by atoms with E-state index in [2.05, 4.69) is 36.5 Å². The van der Waals surface area contributed by atoms with Crippen LogP contribution in [0, 0.1) is 0 Å². The smallest absolute Gasteiger partial charge is 0.217 e. The summed E-state index contributed by atoms with van der Waals surface area (Å²) >= 11 is 0. The highest BCUT2D eigenvalue weighted by atomic mass is 16.1. The van der Waals surface area contributed by atoms with Gasteiger partial charge in [-0.2, -0.15) is 0 Å². The number of rotatable bonds is 5. The van der Waals surface area contributed by atoms with Gasteiger partial charge in [0.05, 0.1) is 0 Å². The summed E-state index contributed by atoms with van der Waals surface area (Å²) in [5.74, 6) is 0.848. The van der Waals surface area contributed by atoms with Crippen LogP contribution in [-0.2, 0) is 11.2 Å². The number of benzene rings is 1. The van der Waals surface area contributed by atoms with Crippen molar-refractivity contribution in [2.45, 2.75) is 70.8 Å². The van der Waals surface area contributed by atoms with Gasteiger partial charge in [0.15, 0.2) is 0 Å². The van der Waals surface area contributed by atoms with Crippen molar-refractivity contribution in [3.8, 4) is 0 Å². The Morgan fingerprint density at radius 2 is 1.85 bits per heavy atom. The van der Waals surface area contributed by atoms with Gasteiger partial charge >= 0.3 is 0 Å². The van der Waals surface area contributed by atoms with E-state index in [1.165, 1.54) is 43.2 Å². The van der Waals surface area contributed by atoms with Crippen molar-refractivity contribution in [3.05, 3.63) is 35.4 Å². The highest BCUT2D eigenvalue weighted by molar-refractivity contribution is 5.73. The summed E-state index contributed by atoms with van der Waals surface area (Å²) in [6.07, 6.45) is 8.95. The van der Waals surface area contributed by atoms with Crippen LogP contribution in [0.15, 0.2) is 24.3 Å². The summed E-state index contributed by atoms with van der Waals surface area (Å²) in [5, 5.41) is 2.94. The van der Waals surface area contributed by atoms with Gasteiger partial charge in [-0.1, -0.05) is 43.5 Å². The minimum atomic E-state index is 0.0603. The topological polar surface area (TPSA) is 29.1 Å². The van der Waals surface area contributed by atoms with Crippen LogP contribution in [0.3, 0.4) is 0 Å². The molecular weight excluding hydrogens is 246 g/mol. The lowest BCUT2D eigenvalue weighted by Crippen LogP contribution is -2.30. The second-order valence-corrected chi connectivity index (χ2v) is 6.22. The Morgan fingerprint density at radius 3 is 2.45 bits per heavy atom. The maximum absolute atomic E-state index is 11.0. The lowest BCUT2D eigenvalue weighted by Gasteiger charge is -2.22. The molecule has 2 rings (SSSR count). The van der Waals surface area contributed by atoms with Crippen LogP contribution in [0.5, 0.6) is 0 Å². The van der Waals surface area contributed by atoms with E-state index >= 15 is 0 Å². The van der Waals surface area contributed by atoms with Crippen molar-refractivity contribution >= 4 is 5.91 Å². The van der Waals surface area contributed by atoms with Gasteiger partial charge in [-0.3, -0.25) is 4.79 Å². The third-order valence-electron chi connectivity index (χ3n) is 4.37. The molecule has 0 spiro atoms. The van der Waals surface area contributed by atoms with E-state index in [9.17, 15) is 4.79 Å². The summed E-state index contributed by atoms with van der Waals surface area (Å²) in [7, 11) is 0. The fraction of sp³-hybridized carbons (Fsp3) is 0.611. The molecule has 2 nitrogen and oxygen atoms in total. The minimum absolute atomic E-state index is 0.0603. The van der Waals surface area contributed by atoms with Gasteiger partial charge in [-0.15, -0.1) is 0 Å². The Hall–Kier alpha value is -1.31. The van der Waals surface area contributed by atoms with E-state index in [0.717, 1.165) is 18.8 Å². The molecule has 0 aliphatic heterocycles. The Labute approximate surface area is 123 Å². The molecule has 1 aromatic carbocycles. The lowest BCUT2D eigenvalue weighted by molar-refractivity contribution is -0.119. The molecule has 1 aliphatic carbocycles. The van der Waals surface area contributed by atoms with Crippen LogP contribution in [0.1, 0.15) is 69.4 Å². The predicted molar refractivity (Wildman–Crippen MR) is 83.9 cm³/mol. The fourth-order valence-corrected chi connectivity index (χ4v) is 3.19. The van der Waals surface area contributed by atoms with Gasteiger partial charge in [0.25, 0.3) is 0 Å². The first-order valence-electron chi connectivity index (χ1n) is 8.01. The van der Waals surface area contributed by atoms with Crippen LogP contribution in [-0.4, -0.2) is 11.9 Å². The van der Waals surface area contributed by atoms with Crippen molar-refractivity contribution in [2.75, 3.05) is 0 Å². The summed E-state index contributed by atoms with van der Waals surface area (Å²) in [6.45, 7) is 3.65. The maximum Gasteiger partial charge on any atom is 0.217 e. The van der Waals surface area contributed by atoms with Gasteiger partial charge in [0.2, 0.25) is 5.91 Å². The molecule has 1 saturated carbocycles. The maximum atomic E-state index is 11.0. The molecule has 2 heteroatoms. The van der Waals surface area contributed by atoms with Crippen molar-refractivity contribution < 1.29 is 4.79 Å². The normalized spacial score (nSPS) is 17.7. The third-order valence-corrected chi connectivity index (χ3v) is 4.37. The molecule has 0 radical (unpaired) electrons. The van der Waals surface area contributed by atoms with E-state index in [1.54, 1.807) is 6.92 Å². The average molecular weight is 273 g/mol. The first-order valence-corrected chi connectivity index (χ1v) is 8.01. The van der Waals surface area contributed by atoms with Crippen molar-refractivity contribution in [1.82, 2.24) is 5.32 Å². The van der Waals surface area contributed by atoms with Crippen molar-refractivity contribution in [3.63, 3.8) is 0 Å². The zero-order valence-corrected chi connectivity index (χ0v) is 12.8. The summed E-state index contributed by atoms with van der Waals surface area (Å²) in [5.41, 5.74) is 2.89. The largest absolute Gasteiger partial charge is 0.354 e. The van der Waals surface area contributed by atoms with Crippen LogP contribution in [0.4, 0.5) is 0 Å². The first-order chi connectivity index (χ1) is 9.65. The molecule has 1 unspecified atom stereocenters. The second kappa shape index (κ2) is 7.47. The number of aryl methyl sites for hydroxylation is 1. The van der Waals surface area contributed by atoms with Crippen LogP contribution in [0.2, 0.25) is 0 Å². The van der Waals surface area contributed by atoms with Crippen molar-refractivity contribution in [1.29, 1.82) is 0 Å². The zero-order chi connectivity index (χ0) is 14.4.